The van der Waals surface area contributed by atoms with Crippen LogP contribution in [0.5, 0.6) is 0 Å². The first-order valence-corrected chi connectivity index (χ1v) is 7.76. The van der Waals surface area contributed by atoms with Crippen molar-refractivity contribution >= 4 is 7.60 Å². The summed E-state index contributed by atoms with van der Waals surface area (Å²) in [5.74, 6) is -1.48. The van der Waals surface area contributed by atoms with Crippen molar-refractivity contribution in [2.75, 3.05) is 6.61 Å². The van der Waals surface area contributed by atoms with Crippen LogP contribution in [0, 0.1) is 5.92 Å². The Morgan fingerprint density at radius 1 is 1.28 bits per heavy atom. The van der Waals surface area contributed by atoms with E-state index >= 15 is 0 Å². The van der Waals surface area contributed by atoms with E-state index in [2.05, 4.69) is 0 Å². The van der Waals surface area contributed by atoms with Crippen LogP contribution in [0.1, 0.15) is 34.1 Å². The molecule has 0 aliphatic carbocycles. The zero-order chi connectivity index (χ0) is 13.9. The molecular weight excluding hydrogens is 262 g/mol. The summed E-state index contributed by atoms with van der Waals surface area (Å²) in [5, 5.41) is 8.88. The summed E-state index contributed by atoms with van der Waals surface area (Å²) in [6.07, 6.45) is -2.41. The molecule has 0 bridgehead atoms. The highest BCUT2D eigenvalue weighted by atomic mass is 31.2. The van der Waals surface area contributed by atoms with Crippen molar-refractivity contribution < 1.29 is 27.8 Å². The molecule has 1 heterocycles. The average molecular weight is 284 g/mol. The molecule has 1 rings (SSSR count). The predicted octanol–water partition coefficient (Wildman–Crippen LogP) is 2.68. The van der Waals surface area contributed by atoms with Gasteiger partial charge in [0, 0.05) is 5.92 Å². The SMILES string of the molecule is CC(C)OP(=O)(OC(C)C)[C@H]1C[C@@H](C(O)F)CO1. The zero-order valence-electron chi connectivity index (χ0n) is 11.2. The normalized spacial score (nSPS) is 27.1. The Morgan fingerprint density at radius 3 is 2.11 bits per heavy atom. The lowest BCUT2D eigenvalue weighted by Crippen LogP contribution is -2.19. The van der Waals surface area contributed by atoms with Crippen LogP contribution in [0.4, 0.5) is 4.39 Å². The molecule has 0 aromatic heterocycles. The maximum atomic E-state index is 12.8. The second kappa shape index (κ2) is 6.44. The van der Waals surface area contributed by atoms with Crippen molar-refractivity contribution in [1.29, 1.82) is 0 Å². The number of halogens is 1. The number of alkyl halides is 1. The number of ether oxygens (including phenoxy) is 1. The van der Waals surface area contributed by atoms with Crippen LogP contribution in [0.25, 0.3) is 0 Å². The number of aliphatic hydroxyl groups excluding tert-OH is 1. The topological polar surface area (TPSA) is 65.0 Å². The van der Waals surface area contributed by atoms with Crippen LogP contribution in [0.3, 0.4) is 0 Å². The van der Waals surface area contributed by atoms with E-state index in [1.807, 2.05) is 0 Å². The first kappa shape index (κ1) is 16.1. The Bertz CT molecular complexity index is 294. The van der Waals surface area contributed by atoms with E-state index in [0.717, 1.165) is 0 Å². The summed E-state index contributed by atoms with van der Waals surface area (Å²) in [7, 11) is -3.46. The maximum Gasteiger partial charge on any atom is 0.359 e. The summed E-state index contributed by atoms with van der Waals surface area (Å²) in [5.41, 5.74) is 0. The largest absolute Gasteiger partial charge is 0.365 e. The van der Waals surface area contributed by atoms with Crippen LogP contribution < -0.4 is 0 Å². The van der Waals surface area contributed by atoms with Gasteiger partial charge in [-0.05, 0) is 34.1 Å². The molecule has 0 amide bonds. The van der Waals surface area contributed by atoms with Crippen molar-refractivity contribution in [2.45, 2.75) is 58.5 Å². The quantitative estimate of drug-likeness (QED) is 0.760. The minimum absolute atomic E-state index is 0.0230. The molecule has 1 fully saturated rings. The molecule has 1 aliphatic rings. The maximum absolute atomic E-state index is 12.8. The van der Waals surface area contributed by atoms with Crippen molar-refractivity contribution in [3.8, 4) is 0 Å². The number of aliphatic hydroxyl groups is 1. The highest BCUT2D eigenvalue weighted by Crippen LogP contribution is 2.59. The van der Waals surface area contributed by atoms with Gasteiger partial charge in [-0.3, -0.25) is 4.57 Å². The van der Waals surface area contributed by atoms with Crippen LogP contribution in [-0.2, 0) is 18.3 Å². The van der Waals surface area contributed by atoms with Crippen LogP contribution in [0.15, 0.2) is 0 Å². The van der Waals surface area contributed by atoms with Crippen LogP contribution in [0.2, 0.25) is 0 Å². The van der Waals surface area contributed by atoms with E-state index in [0.29, 0.717) is 0 Å². The van der Waals surface area contributed by atoms with E-state index in [-0.39, 0.29) is 25.2 Å². The molecule has 3 atom stereocenters. The van der Waals surface area contributed by atoms with Crippen molar-refractivity contribution in [3.63, 3.8) is 0 Å². The monoisotopic (exact) mass is 284 g/mol. The van der Waals surface area contributed by atoms with Gasteiger partial charge in [0.15, 0.2) is 5.85 Å². The van der Waals surface area contributed by atoms with Gasteiger partial charge in [-0.15, -0.1) is 0 Å². The van der Waals surface area contributed by atoms with Gasteiger partial charge in [-0.2, -0.15) is 0 Å². The number of hydrogen-bond acceptors (Lipinski definition) is 5. The van der Waals surface area contributed by atoms with E-state index in [1.54, 1.807) is 27.7 Å². The van der Waals surface area contributed by atoms with E-state index < -0.39 is 25.7 Å². The number of hydrogen-bond donors (Lipinski definition) is 1. The fourth-order valence-electron chi connectivity index (χ4n) is 1.79. The molecule has 5 nitrogen and oxygen atoms in total. The molecule has 0 spiro atoms. The molecule has 18 heavy (non-hydrogen) atoms. The standard InChI is InChI=1S/C11H22FO5P/c1-7(2)16-18(14,17-8(3)4)10-5-9(6-15-10)11(12)13/h7-11,13H,5-6H2,1-4H3/t9-,10+,11?/m1/s1. The molecule has 1 N–H and O–H groups in total. The Morgan fingerprint density at radius 2 is 1.78 bits per heavy atom. The fourth-order valence-corrected chi connectivity index (χ4v) is 4.08. The molecule has 0 aromatic carbocycles. The number of rotatable bonds is 6. The highest BCUT2D eigenvalue weighted by Gasteiger charge is 2.45. The molecule has 1 aliphatic heterocycles. The second-order valence-electron chi connectivity index (χ2n) is 5.00. The van der Waals surface area contributed by atoms with Gasteiger partial charge < -0.3 is 18.9 Å². The first-order valence-electron chi connectivity index (χ1n) is 6.15. The molecular formula is C11H22FO5P. The highest BCUT2D eigenvalue weighted by molar-refractivity contribution is 7.54. The van der Waals surface area contributed by atoms with Crippen molar-refractivity contribution in [1.82, 2.24) is 0 Å². The third-order valence-electron chi connectivity index (χ3n) is 2.46. The smallest absolute Gasteiger partial charge is 0.359 e. The Hall–Kier alpha value is -0.0000000000000000208. The van der Waals surface area contributed by atoms with Crippen LogP contribution >= 0.6 is 7.60 Å². The summed E-state index contributed by atoms with van der Waals surface area (Å²) in [6.45, 7) is 6.99. The lowest BCUT2D eigenvalue weighted by atomic mass is 10.1. The Balaban J connectivity index is 2.75. The first-order chi connectivity index (χ1) is 8.24. The lowest BCUT2D eigenvalue weighted by Gasteiger charge is -2.26. The predicted molar refractivity (Wildman–Crippen MR) is 65.0 cm³/mol. The molecule has 0 saturated carbocycles. The second-order valence-corrected chi connectivity index (χ2v) is 7.08. The van der Waals surface area contributed by atoms with E-state index in [4.69, 9.17) is 18.9 Å². The Kier molecular flexibility index (Phi) is 5.74. The van der Waals surface area contributed by atoms with Gasteiger partial charge in [-0.25, -0.2) is 4.39 Å². The summed E-state index contributed by atoms with van der Waals surface area (Å²) < 4.78 is 41.4. The third-order valence-corrected chi connectivity index (χ3v) is 4.96. The molecule has 0 radical (unpaired) electrons. The minimum atomic E-state index is -3.46. The van der Waals surface area contributed by atoms with Gasteiger partial charge in [0.2, 0.25) is 6.36 Å². The Labute approximate surface area is 107 Å². The van der Waals surface area contributed by atoms with E-state index in [9.17, 15) is 8.96 Å². The van der Waals surface area contributed by atoms with Gasteiger partial charge >= 0.3 is 7.60 Å². The van der Waals surface area contributed by atoms with Crippen LogP contribution in [-0.4, -0.2) is 36.1 Å². The van der Waals surface area contributed by atoms with Crippen molar-refractivity contribution in [2.24, 2.45) is 5.92 Å². The average Bonchev–Trinajstić information content (AvgIpc) is 2.63. The van der Waals surface area contributed by atoms with Gasteiger partial charge in [-0.1, -0.05) is 0 Å². The summed E-state index contributed by atoms with van der Waals surface area (Å²) >= 11 is 0. The molecule has 1 saturated heterocycles. The van der Waals surface area contributed by atoms with Gasteiger partial charge in [0.1, 0.15) is 0 Å². The minimum Gasteiger partial charge on any atom is -0.365 e. The lowest BCUT2D eigenvalue weighted by molar-refractivity contribution is -0.0147. The van der Waals surface area contributed by atoms with Gasteiger partial charge in [0.05, 0.1) is 18.8 Å². The zero-order valence-corrected chi connectivity index (χ0v) is 12.1. The molecule has 7 heteroatoms. The van der Waals surface area contributed by atoms with E-state index in [1.165, 1.54) is 0 Å². The summed E-state index contributed by atoms with van der Waals surface area (Å²) in [4.78, 5) is 0. The molecule has 108 valence electrons. The molecule has 0 aromatic rings. The fraction of sp³-hybridized carbons (Fsp3) is 1.00. The summed E-state index contributed by atoms with van der Waals surface area (Å²) in [6, 6.07) is 0. The third kappa shape index (κ3) is 4.28. The van der Waals surface area contributed by atoms with Crippen molar-refractivity contribution in [3.05, 3.63) is 0 Å². The van der Waals surface area contributed by atoms with Gasteiger partial charge in [0.25, 0.3) is 0 Å². The molecule has 1 unspecified atom stereocenters.